The van der Waals surface area contributed by atoms with Crippen LogP contribution in [-0.4, -0.2) is 152 Å². The number of halogens is 4. The number of aldehydes is 1. The highest BCUT2D eigenvalue weighted by Crippen LogP contribution is 2.06. The average Bonchev–Trinajstić information content (AvgIpc) is 3.13. The number of hydrogen-bond acceptors (Lipinski definition) is 14. The summed E-state index contributed by atoms with van der Waals surface area (Å²) in [7, 11) is 8.13. The van der Waals surface area contributed by atoms with E-state index in [0.29, 0.717) is 6.54 Å². The van der Waals surface area contributed by atoms with Gasteiger partial charge in [0, 0.05) is 34.2 Å². The first-order valence-corrected chi connectivity index (χ1v) is 18.1. The molecule has 58 heavy (non-hydrogen) atoms. The summed E-state index contributed by atoms with van der Waals surface area (Å²) in [5.74, 6) is -1.45. The minimum Gasteiger partial charge on any atom is -0.480 e. The molecular weight excluding hydrogens is 834 g/mol. The van der Waals surface area contributed by atoms with E-state index in [4.69, 9.17) is 64.6 Å². The van der Waals surface area contributed by atoms with Gasteiger partial charge in [-0.15, -0.1) is 0 Å². The smallest absolute Gasteiger partial charge is 0.408 e. The highest BCUT2D eigenvalue weighted by Gasteiger charge is 2.17. The second kappa shape index (κ2) is 62.9. The second-order valence-electron chi connectivity index (χ2n) is 11.0. The Kier molecular flexibility index (Phi) is 85.6. The maximum atomic E-state index is 11.0. The SMILES string of the molecule is C.C.CC(C)(C)OC(=O)NCC(=O)O.CC=O.CCNCC(=O)NC.CCNCCNC.CN.CNC(=O)CN.CNC(=O)CNC(=O)OC(C)(C)C.ClC(Cl)Cl.[3H]F. The number of aliphatic carboxylic acids is 1. The largest absolute Gasteiger partial charge is 0.480 e. The number of amides is 5. The van der Waals surface area contributed by atoms with E-state index in [9.17, 15) is 28.8 Å². The summed E-state index contributed by atoms with van der Waals surface area (Å²) >= 11 is 14.4. The zero-order valence-electron chi connectivity index (χ0n) is 36.6. The molecule has 0 saturated heterocycles. The topological polar surface area (TPSA) is 306 Å². The Morgan fingerprint density at radius 3 is 1.24 bits per heavy atom. The lowest BCUT2D eigenvalue weighted by Gasteiger charge is -2.19. The summed E-state index contributed by atoms with van der Waals surface area (Å²) in [4.78, 5) is 71.6. The number of likely N-dealkylation sites (N-methyl/N-ethyl adjacent to an activating group) is 6. The Morgan fingerprint density at radius 2 is 1.02 bits per heavy atom. The predicted molar refractivity (Wildman–Crippen MR) is 238 cm³/mol. The minimum absolute atomic E-state index is 0. The van der Waals surface area contributed by atoms with Crippen molar-refractivity contribution in [3.8, 4) is 0 Å². The number of ether oxygens (including phenoxy) is 2. The lowest BCUT2D eigenvalue weighted by molar-refractivity contribution is -0.136. The van der Waals surface area contributed by atoms with Crippen LogP contribution in [-0.2, 0) is 33.4 Å². The van der Waals surface area contributed by atoms with E-state index in [-0.39, 0.29) is 45.7 Å². The maximum absolute atomic E-state index is 11.0. The van der Waals surface area contributed by atoms with Gasteiger partial charge in [-0.25, -0.2) is 9.59 Å². The molecule has 24 heteroatoms. The number of alkyl carbamates (subject to hydrolysis) is 2. The van der Waals surface area contributed by atoms with Crippen LogP contribution in [0.5, 0.6) is 0 Å². The van der Waals surface area contributed by atoms with Crippen LogP contribution in [0.25, 0.3) is 0 Å². The standard InChI is InChI=1S/C8H16N2O3.C7H13NO4.C5H12N2O.C5H14N2.C3H8N2O.C2H4O.CHCl3.CH5N.2CH4.FH/c1-8(2,3)13-7(12)10-5-6(11)9-4;1-7(2,3)12-6(11)8-4-5(9)10;1-3-7-4-5(8)6-2;1-3-7-5-4-6-2;1-5-3(6)2-4;1-2-3;2-1(3)4;1-2;;;/h5H2,1-4H3,(H,9,11)(H,10,12);4H2,1-3H3,(H,8,11)(H,9,10);7H,3-4H2,1-2H3,(H,6,8);6-7H,3-5H2,1-2H3;2,4H2,1H3,(H,5,6);2H,1H3;1H;2H2,1H3;2*1H4;1H/i/hT. The molecule has 0 aromatic rings. The predicted octanol–water partition coefficient (Wildman–Crippen LogP) is 1.89. The van der Waals surface area contributed by atoms with Gasteiger partial charge < -0.3 is 73.4 Å². The molecule has 0 bridgehead atoms. The summed E-state index contributed by atoms with van der Waals surface area (Å²) in [5.41, 5.74) is 8.24. The summed E-state index contributed by atoms with van der Waals surface area (Å²) in [5, 5.41) is 28.9. The summed E-state index contributed by atoms with van der Waals surface area (Å²) in [6, 6.07) is 0. The Bertz CT molecular complexity index is 932. The lowest BCUT2D eigenvalue weighted by Crippen LogP contribution is -2.38. The van der Waals surface area contributed by atoms with E-state index in [1.54, 1.807) is 55.6 Å². The van der Waals surface area contributed by atoms with Crippen LogP contribution < -0.4 is 54.0 Å². The van der Waals surface area contributed by atoms with Crippen LogP contribution in [0.1, 0.15) is 77.2 Å². The van der Waals surface area contributed by atoms with Crippen molar-refractivity contribution < 1.29 is 52.9 Å². The molecule has 356 valence electrons. The van der Waals surface area contributed by atoms with Gasteiger partial charge in [0.2, 0.25) is 17.7 Å². The van der Waals surface area contributed by atoms with Crippen molar-refractivity contribution in [3.63, 3.8) is 0 Å². The van der Waals surface area contributed by atoms with Crippen LogP contribution in [0.4, 0.5) is 14.3 Å². The summed E-state index contributed by atoms with van der Waals surface area (Å²) < 4.78 is 21.9. The second-order valence-corrected chi connectivity index (χ2v) is 13.0. The van der Waals surface area contributed by atoms with Crippen molar-refractivity contribution in [2.24, 2.45) is 11.5 Å². The number of carbonyl (C=O) groups excluding carboxylic acids is 6. The van der Waals surface area contributed by atoms with Crippen molar-refractivity contribution >= 4 is 77.0 Å². The Hall–Kier alpha value is -3.31. The van der Waals surface area contributed by atoms with E-state index in [1.807, 2.05) is 14.0 Å². The quantitative estimate of drug-likeness (QED) is 0.0757. The molecule has 0 aliphatic carbocycles. The third-order valence-electron chi connectivity index (χ3n) is 3.93. The maximum Gasteiger partial charge on any atom is 0.408 e. The van der Waals surface area contributed by atoms with Crippen LogP contribution in [0.3, 0.4) is 0 Å². The molecule has 0 aliphatic heterocycles. The van der Waals surface area contributed by atoms with Crippen molar-refractivity contribution in [3.05, 3.63) is 0 Å². The van der Waals surface area contributed by atoms with Crippen LogP contribution in [0, 0.1) is 0 Å². The molecule has 5 amide bonds. The van der Waals surface area contributed by atoms with E-state index < -0.39 is 40.2 Å². The highest BCUT2D eigenvalue weighted by atomic mass is 35.6. The molecule has 0 saturated carbocycles. The number of carbonyl (C=O) groups is 7. The van der Waals surface area contributed by atoms with Crippen LogP contribution in [0.15, 0.2) is 0 Å². The van der Waals surface area contributed by atoms with Gasteiger partial charge >= 0.3 is 18.2 Å². The Labute approximate surface area is 364 Å². The zero-order valence-corrected chi connectivity index (χ0v) is 37.9. The number of hydrogen-bond donors (Lipinski definition) is 11. The van der Waals surface area contributed by atoms with E-state index in [2.05, 4.69) is 56.6 Å². The van der Waals surface area contributed by atoms with Gasteiger partial charge in [-0.1, -0.05) is 63.5 Å². The molecule has 0 aromatic heterocycles. The molecule has 0 radical (unpaired) electrons. The molecule has 20 nitrogen and oxygen atoms in total. The molecule has 0 aliphatic rings. The molecule has 0 rings (SSSR count). The first kappa shape index (κ1) is 78.9. The van der Waals surface area contributed by atoms with Crippen molar-refractivity contribution in [1.29, 1.82) is 1.45 Å². The van der Waals surface area contributed by atoms with Gasteiger partial charge in [0.15, 0.2) is 4.30 Å². The average molecular weight is 918 g/mol. The first-order chi connectivity index (χ1) is 26.3. The molecule has 0 atom stereocenters. The third kappa shape index (κ3) is 132. The number of nitrogens with two attached hydrogens (primary N) is 2. The molecule has 0 fully saturated rings. The fourth-order valence-corrected chi connectivity index (χ4v) is 1.84. The van der Waals surface area contributed by atoms with Gasteiger partial charge in [-0.05, 0) is 75.7 Å². The van der Waals surface area contributed by atoms with Crippen molar-refractivity contribution in [2.75, 3.05) is 87.6 Å². The van der Waals surface area contributed by atoms with Gasteiger partial charge in [0.25, 0.3) is 1.45 Å². The van der Waals surface area contributed by atoms with E-state index in [1.165, 1.54) is 21.0 Å². The van der Waals surface area contributed by atoms with Gasteiger partial charge in [0.1, 0.15) is 24.0 Å². The number of alkyl halides is 3. The number of rotatable bonds is 12. The first-order valence-electron chi connectivity index (χ1n) is 17.1. The number of carboxylic acid groups (broad SMARTS) is 1. The molecular formula is C34H82Cl3FN10O10. The summed E-state index contributed by atoms with van der Waals surface area (Å²) in [6.07, 6.45) is -0.555. The van der Waals surface area contributed by atoms with Crippen LogP contribution >= 0.6 is 34.8 Å². The number of nitrogens with one attached hydrogen (secondary N) is 8. The Balaban J connectivity index is -0.0000000516. The normalized spacial score (nSPS) is 8.74. The van der Waals surface area contributed by atoms with Crippen molar-refractivity contribution in [2.45, 2.75) is 92.7 Å². The molecule has 0 unspecified atom stereocenters. The van der Waals surface area contributed by atoms with Gasteiger partial charge in [-0.3, -0.25) is 23.9 Å². The fraction of sp³-hybridized carbons (Fsp3) is 0.794. The minimum atomic E-state index is -1.10. The Morgan fingerprint density at radius 1 is 0.707 bits per heavy atom. The third-order valence-corrected chi connectivity index (χ3v) is 3.93. The highest BCUT2D eigenvalue weighted by molar-refractivity contribution is 6.63. The van der Waals surface area contributed by atoms with Gasteiger partial charge in [0.05, 0.1) is 19.6 Å². The fourth-order valence-electron chi connectivity index (χ4n) is 1.84. The van der Waals surface area contributed by atoms with Crippen molar-refractivity contribution in [1.82, 2.24) is 42.5 Å². The number of carboxylic acids is 1. The monoisotopic (exact) mass is 917 g/mol. The van der Waals surface area contributed by atoms with Crippen LogP contribution in [0.2, 0.25) is 0 Å². The molecule has 13 N–H and O–H groups in total. The van der Waals surface area contributed by atoms with E-state index in [0.717, 1.165) is 32.5 Å². The molecule has 0 spiro atoms. The zero-order chi connectivity index (χ0) is 47.5. The van der Waals surface area contributed by atoms with E-state index >= 15 is 0 Å². The van der Waals surface area contributed by atoms with Gasteiger partial charge in [-0.2, -0.15) is 0 Å². The lowest BCUT2D eigenvalue weighted by atomic mass is 10.2. The molecule has 0 aromatic carbocycles. The molecule has 0 heterocycles. The summed E-state index contributed by atoms with van der Waals surface area (Å²) in [6.45, 7) is 20.0.